The van der Waals surface area contributed by atoms with Gasteiger partial charge >= 0.3 is 0 Å². The van der Waals surface area contributed by atoms with E-state index in [4.69, 9.17) is 0 Å². The minimum Gasteiger partial charge on any atom is -0.302 e. The number of rotatable bonds is 15. The van der Waals surface area contributed by atoms with Crippen LogP contribution in [0.15, 0.2) is 60.2 Å². The number of nitrogens with one attached hydrogen (secondary N) is 1. The fraction of sp³-hybridized carbons (Fsp3) is 0.478. The van der Waals surface area contributed by atoms with Crippen LogP contribution >= 0.6 is 11.3 Å². The number of hydrogen-bond acceptors (Lipinski definition) is 3. The van der Waals surface area contributed by atoms with Crippen molar-refractivity contribution < 1.29 is 4.79 Å². The van der Waals surface area contributed by atoms with Crippen molar-refractivity contribution in [2.24, 2.45) is 0 Å². The van der Waals surface area contributed by atoms with Crippen LogP contribution in [0.2, 0.25) is 0 Å². The lowest BCUT2D eigenvalue weighted by Gasteiger charge is -1.99. The maximum absolute atomic E-state index is 11.7. The Balaban J connectivity index is 1.92. The molecule has 1 heterocycles. The van der Waals surface area contributed by atoms with Gasteiger partial charge in [-0.1, -0.05) is 68.4 Å². The Morgan fingerprint density at radius 1 is 0.926 bits per heavy atom. The molecular weight excluding hydrogens is 352 g/mol. The van der Waals surface area contributed by atoms with Gasteiger partial charge in [-0.3, -0.25) is 4.79 Å². The van der Waals surface area contributed by atoms with Crippen molar-refractivity contribution >= 4 is 22.4 Å². The zero-order chi connectivity index (χ0) is 19.4. The number of anilines is 1. The van der Waals surface area contributed by atoms with Gasteiger partial charge in [0.05, 0.1) is 0 Å². The van der Waals surface area contributed by atoms with Crippen LogP contribution in [0, 0.1) is 0 Å². The molecular formula is C23H34N2OS. The summed E-state index contributed by atoms with van der Waals surface area (Å²) < 4.78 is 0. The minimum absolute atomic E-state index is 0.0424. The number of nitrogens with zero attached hydrogens (tertiary/aromatic N) is 1. The molecule has 0 spiro atoms. The third kappa shape index (κ3) is 14.9. The summed E-state index contributed by atoms with van der Waals surface area (Å²) in [6.45, 7) is 2.24. The van der Waals surface area contributed by atoms with Crippen molar-refractivity contribution in [3.63, 3.8) is 0 Å². The fourth-order valence-corrected chi connectivity index (χ4v) is 2.95. The molecule has 0 atom stereocenters. The van der Waals surface area contributed by atoms with Crippen LogP contribution in [0.5, 0.6) is 0 Å². The van der Waals surface area contributed by atoms with Crippen molar-refractivity contribution in [1.29, 1.82) is 0 Å². The second-order valence-electron chi connectivity index (χ2n) is 6.37. The number of allylic oxidation sites excluding steroid dienone is 8. The number of thiazole rings is 1. The summed E-state index contributed by atoms with van der Waals surface area (Å²) in [5.74, 6) is 0.0424. The summed E-state index contributed by atoms with van der Waals surface area (Å²) in [7, 11) is 0. The summed E-state index contributed by atoms with van der Waals surface area (Å²) in [5, 5.41) is 5.33. The smallest absolute Gasteiger partial charge is 0.226 e. The molecule has 1 aromatic rings. The van der Waals surface area contributed by atoms with Crippen molar-refractivity contribution in [3.05, 3.63) is 60.2 Å². The number of hydrogen-bond donors (Lipinski definition) is 1. The van der Waals surface area contributed by atoms with Crippen LogP contribution in [-0.4, -0.2) is 10.9 Å². The van der Waals surface area contributed by atoms with Gasteiger partial charge in [-0.05, 0) is 44.9 Å². The maximum atomic E-state index is 11.7. The molecule has 27 heavy (non-hydrogen) atoms. The topological polar surface area (TPSA) is 42.0 Å². The Labute approximate surface area is 169 Å². The second kappa shape index (κ2) is 17.5. The lowest BCUT2D eigenvalue weighted by molar-refractivity contribution is -0.116. The molecule has 4 heteroatoms. The molecule has 0 aliphatic carbocycles. The van der Waals surface area contributed by atoms with E-state index in [9.17, 15) is 4.79 Å². The highest BCUT2D eigenvalue weighted by Crippen LogP contribution is 2.11. The molecule has 0 unspecified atom stereocenters. The van der Waals surface area contributed by atoms with Gasteiger partial charge in [-0.2, -0.15) is 0 Å². The van der Waals surface area contributed by atoms with E-state index in [1.165, 1.54) is 37.0 Å². The molecule has 0 saturated carbocycles. The average molecular weight is 387 g/mol. The summed E-state index contributed by atoms with van der Waals surface area (Å²) >= 11 is 1.44. The lowest BCUT2D eigenvalue weighted by Crippen LogP contribution is -2.10. The standard InChI is InChI=1S/C23H34N2OS/c1-2-3-4-5-6-7-8-9-10-11-12-13-14-15-16-17-18-19-22(26)25-23-24-20-21-27-23/h6-7,9-10,12-13,15-16,20-21H,2-5,8,11,14,17-19H2,1H3,(H,24,25,26)/b7-6-,10-9-,13-12-,16-15-. The molecule has 0 fully saturated rings. The van der Waals surface area contributed by atoms with E-state index in [2.05, 4.69) is 65.8 Å². The molecule has 1 N–H and O–H groups in total. The van der Waals surface area contributed by atoms with E-state index in [1.54, 1.807) is 6.20 Å². The van der Waals surface area contributed by atoms with E-state index < -0.39 is 0 Å². The number of aromatic nitrogens is 1. The molecule has 0 aliphatic heterocycles. The molecule has 1 aromatic heterocycles. The van der Waals surface area contributed by atoms with E-state index in [1.807, 2.05) is 5.38 Å². The minimum atomic E-state index is 0.0424. The highest BCUT2D eigenvalue weighted by molar-refractivity contribution is 7.13. The van der Waals surface area contributed by atoms with Gasteiger partial charge < -0.3 is 5.32 Å². The van der Waals surface area contributed by atoms with Gasteiger partial charge in [0, 0.05) is 18.0 Å². The van der Waals surface area contributed by atoms with Crippen LogP contribution < -0.4 is 5.32 Å². The van der Waals surface area contributed by atoms with Gasteiger partial charge in [0.1, 0.15) is 0 Å². The lowest BCUT2D eigenvalue weighted by atomic mass is 10.2. The Kier molecular flexibility index (Phi) is 14.9. The molecule has 148 valence electrons. The third-order valence-electron chi connectivity index (χ3n) is 3.91. The summed E-state index contributed by atoms with van der Waals surface area (Å²) in [4.78, 5) is 15.7. The number of carbonyl (C=O) groups excluding carboxylic acids is 1. The first-order valence-corrected chi connectivity index (χ1v) is 11.0. The Hall–Kier alpha value is -1.94. The molecule has 0 bridgehead atoms. The second-order valence-corrected chi connectivity index (χ2v) is 7.26. The number of unbranched alkanes of at least 4 members (excludes halogenated alkanes) is 4. The molecule has 0 saturated heterocycles. The molecule has 3 nitrogen and oxygen atoms in total. The predicted octanol–water partition coefficient (Wildman–Crippen LogP) is 7.23. The maximum Gasteiger partial charge on any atom is 0.226 e. The zero-order valence-corrected chi connectivity index (χ0v) is 17.4. The molecule has 0 aromatic carbocycles. The molecule has 1 amide bonds. The van der Waals surface area contributed by atoms with Crippen molar-refractivity contribution in [3.8, 4) is 0 Å². The third-order valence-corrected chi connectivity index (χ3v) is 4.60. The molecule has 0 aliphatic rings. The van der Waals surface area contributed by atoms with Crippen molar-refractivity contribution in [1.82, 2.24) is 4.98 Å². The first-order valence-electron chi connectivity index (χ1n) is 10.1. The largest absolute Gasteiger partial charge is 0.302 e. The molecule has 1 rings (SSSR count). The predicted molar refractivity (Wildman–Crippen MR) is 119 cm³/mol. The quantitative estimate of drug-likeness (QED) is 0.255. The highest BCUT2D eigenvalue weighted by atomic mass is 32.1. The number of amides is 1. The van der Waals surface area contributed by atoms with Crippen LogP contribution in [-0.2, 0) is 4.79 Å². The van der Waals surface area contributed by atoms with Crippen LogP contribution in [0.25, 0.3) is 0 Å². The fourth-order valence-electron chi connectivity index (χ4n) is 2.41. The average Bonchev–Trinajstić information content (AvgIpc) is 3.17. The highest BCUT2D eigenvalue weighted by Gasteiger charge is 2.02. The van der Waals surface area contributed by atoms with E-state index in [0.717, 1.165) is 32.1 Å². The SMILES string of the molecule is CCCCC/C=C\C/C=C\C/C=C\C/C=C\CCCC(=O)Nc1nccs1. The zero-order valence-electron chi connectivity index (χ0n) is 16.6. The van der Waals surface area contributed by atoms with E-state index >= 15 is 0 Å². The number of carbonyl (C=O) groups is 1. The Morgan fingerprint density at radius 3 is 2.07 bits per heavy atom. The Morgan fingerprint density at radius 2 is 1.52 bits per heavy atom. The van der Waals surface area contributed by atoms with Gasteiger partial charge in [0.15, 0.2) is 5.13 Å². The van der Waals surface area contributed by atoms with E-state index in [0.29, 0.717) is 11.6 Å². The van der Waals surface area contributed by atoms with Crippen molar-refractivity contribution in [2.75, 3.05) is 5.32 Å². The van der Waals surface area contributed by atoms with Crippen LogP contribution in [0.1, 0.15) is 71.1 Å². The summed E-state index contributed by atoms with van der Waals surface area (Å²) in [5.41, 5.74) is 0. The summed E-state index contributed by atoms with van der Waals surface area (Å²) in [6.07, 6.45) is 29.9. The van der Waals surface area contributed by atoms with Gasteiger partial charge in [0.2, 0.25) is 5.91 Å². The van der Waals surface area contributed by atoms with E-state index in [-0.39, 0.29) is 5.91 Å². The monoisotopic (exact) mass is 386 g/mol. The Bertz CT molecular complexity index is 586. The normalized spacial score (nSPS) is 12.2. The van der Waals surface area contributed by atoms with Gasteiger partial charge in [0.25, 0.3) is 0 Å². The van der Waals surface area contributed by atoms with Gasteiger partial charge in [-0.15, -0.1) is 11.3 Å². The van der Waals surface area contributed by atoms with Crippen LogP contribution in [0.4, 0.5) is 5.13 Å². The molecule has 0 radical (unpaired) electrons. The first kappa shape index (κ1) is 23.1. The van der Waals surface area contributed by atoms with Crippen LogP contribution in [0.3, 0.4) is 0 Å². The van der Waals surface area contributed by atoms with Crippen molar-refractivity contribution in [2.45, 2.75) is 71.1 Å². The first-order chi connectivity index (χ1) is 13.3. The summed E-state index contributed by atoms with van der Waals surface area (Å²) in [6, 6.07) is 0. The van der Waals surface area contributed by atoms with Gasteiger partial charge in [-0.25, -0.2) is 4.98 Å².